The fourth-order valence-electron chi connectivity index (χ4n) is 9.64. The number of piperidine rings is 4. The van der Waals surface area contributed by atoms with Crippen LogP contribution in [0.5, 0.6) is 11.5 Å². The molecule has 4 aliphatic heterocycles. The summed E-state index contributed by atoms with van der Waals surface area (Å²) >= 11 is 0. The Labute approximate surface area is 329 Å². The number of hydrogen-bond acceptors (Lipinski definition) is 8. The first-order valence-corrected chi connectivity index (χ1v) is 18.5. The SMILES string of the molecule is CC(=O)Oc1ccc(C[N+]2(C)C3CCCC2CC(OC(=O)CCC(=O)OC2CC4CCCC(C2)[N+]4(C)Cc2ccc(OC(C)=O)cc2)C3)cc1.[Br-].[Br-]. The lowest BCUT2D eigenvalue weighted by molar-refractivity contribution is -0.979. The van der Waals surface area contributed by atoms with Gasteiger partial charge in [0.25, 0.3) is 0 Å². The van der Waals surface area contributed by atoms with Crippen LogP contribution >= 0.6 is 0 Å². The Morgan fingerprint density at radius 1 is 0.558 bits per heavy atom. The smallest absolute Gasteiger partial charge is 0.308 e. The van der Waals surface area contributed by atoms with Crippen LogP contribution in [0.25, 0.3) is 0 Å². The molecule has 2 aromatic rings. The molecule has 4 heterocycles. The summed E-state index contributed by atoms with van der Waals surface area (Å²) in [6, 6.07) is 17.1. The van der Waals surface area contributed by atoms with E-state index in [-0.39, 0.29) is 82.9 Å². The molecular weight excluding hydrogens is 796 g/mol. The van der Waals surface area contributed by atoms with Crippen LogP contribution in [0.3, 0.4) is 0 Å². The van der Waals surface area contributed by atoms with Crippen molar-refractivity contribution < 1.29 is 81.1 Å². The maximum atomic E-state index is 13.0. The Kier molecular flexibility index (Phi) is 14.5. The molecule has 4 fully saturated rings. The maximum absolute atomic E-state index is 13.0. The lowest BCUT2D eigenvalue weighted by atomic mass is 9.80. The van der Waals surface area contributed by atoms with Gasteiger partial charge in [-0.1, -0.05) is 0 Å². The summed E-state index contributed by atoms with van der Waals surface area (Å²) in [6.07, 6.45) is 9.91. The summed E-state index contributed by atoms with van der Waals surface area (Å²) in [5, 5.41) is 0. The third kappa shape index (κ3) is 10.0. The predicted octanol–water partition coefficient (Wildman–Crippen LogP) is 0.172. The van der Waals surface area contributed by atoms with E-state index in [1.165, 1.54) is 37.8 Å². The number of carbonyl (C=O) groups excluding carboxylic acids is 4. The molecule has 4 unspecified atom stereocenters. The van der Waals surface area contributed by atoms with Crippen molar-refractivity contribution in [1.29, 1.82) is 0 Å². The molecule has 4 aliphatic rings. The number of benzene rings is 2. The van der Waals surface area contributed by atoms with Gasteiger partial charge in [-0.05, 0) is 87.1 Å². The van der Waals surface area contributed by atoms with Gasteiger partial charge in [-0.25, -0.2) is 0 Å². The Bertz CT molecular complexity index is 1410. The van der Waals surface area contributed by atoms with Crippen LogP contribution in [0.2, 0.25) is 0 Å². The minimum Gasteiger partial charge on any atom is -1.00 e. The van der Waals surface area contributed by atoms with E-state index >= 15 is 0 Å². The molecule has 4 atom stereocenters. The Balaban J connectivity index is 0.00000302. The zero-order valence-corrected chi connectivity index (χ0v) is 34.1. The van der Waals surface area contributed by atoms with Gasteiger partial charge in [0.2, 0.25) is 0 Å². The number of rotatable bonds is 11. The molecular formula is C40H54Br2N2O8. The van der Waals surface area contributed by atoms with Gasteiger partial charge in [0.15, 0.2) is 0 Å². The van der Waals surface area contributed by atoms with Gasteiger partial charge in [0, 0.05) is 50.7 Å². The summed E-state index contributed by atoms with van der Waals surface area (Å²) in [4.78, 5) is 48.6. The summed E-state index contributed by atoms with van der Waals surface area (Å²) in [5.74, 6) is -0.167. The van der Waals surface area contributed by atoms with Gasteiger partial charge in [-0.15, -0.1) is 0 Å². The molecule has 286 valence electrons. The van der Waals surface area contributed by atoms with E-state index in [2.05, 4.69) is 14.1 Å². The second-order valence-electron chi connectivity index (χ2n) is 15.6. The Morgan fingerprint density at radius 2 is 0.865 bits per heavy atom. The normalized spacial score (nSPS) is 30.4. The van der Waals surface area contributed by atoms with Gasteiger partial charge in [0.05, 0.1) is 51.1 Å². The van der Waals surface area contributed by atoms with Crippen LogP contribution in [0.15, 0.2) is 48.5 Å². The quantitative estimate of drug-likeness (QED) is 0.179. The van der Waals surface area contributed by atoms with Crippen LogP contribution in [-0.4, -0.2) is 83.3 Å². The van der Waals surface area contributed by atoms with Gasteiger partial charge in [-0.3, -0.25) is 19.2 Å². The predicted molar refractivity (Wildman–Crippen MR) is 186 cm³/mol. The maximum Gasteiger partial charge on any atom is 0.308 e. The number of nitrogens with zero attached hydrogens (tertiary/aromatic N) is 2. The van der Waals surface area contributed by atoms with Crippen molar-refractivity contribution in [2.45, 2.75) is 140 Å². The van der Waals surface area contributed by atoms with Crippen molar-refractivity contribution in [3.8, 4) is 11.5 Å². The van der Waals surface area contributed by atoms with E-state index in [0.29, 0.717) is 35.7 Å². The molecule has 0 aromatic heterocycles. The number of quaternary nitrogens is 2. The second kappa shape index (κ2) is 18.0. The minimum absolute atomic E-state index is 0. The lowest BCUT2D eigenvalue weighted by Gasteiger charge is -2.55. The van der Waals surface area contributed by atoms with Crippen LogP contribution < -0.4 is 43.4 Å². The summed E-state index contributed by atoms with van der Waals surface area (Å²) in [6.45, 7) is 4.57. The first-order chi connectivity index (χ1) is 23.9. The monoisotopic (exact) mass is 848 g/mol. The Morgan fingerprint density at radius 3 is 1.15 bits per heavy atom. The molecule has 0 amide bonds. The van der Waals surface area contributed by atoms with Crippen molar-refractivity contribution in [3.63, 3.8) is 0 Å². The third-order valence-electron chi connectivity index (χ3n) is 12.2. The third-order valence-corrected chi connectivity index (χ3v) is 12.2. The molecule has 10 nitrogen and oxygen atoms in total. The van der Waals surface area contributed by atoms with Gasteiger partial charge in [0.1, 0.15) is 36.8 Å². The average molecular weight is 851 g/mol. The topological polar surface area (TPSA) is 105 Å². The van der Waals surface area contributed by atoms with E-state index in [1.54, 1.807) is 0 Å². The van der Waals surface area contributed by atoms with Gasteiger partial charge >= 0.3 is 23.9 Å². The number of carbonyl (C=O) groups is 4. The van der Waals surface area contributed by atoms with E-state index in [0.717, 1.165) is 73.4 Å². The van der Waals surface area contributed by atoms with E-state index < -0.39 is 0 Å². The minimum atomic E-state index is -0.326. The zero-order chi connectivity index (χ0) is 35.5. The molecule has 2 aromatic carbocycles. The summed E-state index contributed by atoms with van der Waals surface area (Å²) in [5.41, 5.74) is 2.40. The van der Waals surface area contributed by atoms with Crippen LogP contribution in [0.4, 0.5) is 0 Å². The first-order valence-electron chi connectivity index (χ1n) is 18.5. The highest BCUT2D eigenvalue weighted by Gasteiger charge is 2.51. The molecule has 0 radical (unpaired) electrons. The molecule has 52 heavy (non-hydrogen) atoms. The van der Waals surface area contributed by atoms with E-state index in [4.69, 9.17) is 18.9 Å². The number of halogens is 2. The van der Waals surface area contributed by atoms with Crippen molar-refractivity contribution in [3.05, 3.63) is 59.7 Å². The highest BCUT2D eigenvalue weighted by molar-refractivity contribution is 5.77. The van der Waals surface area contributed by atoms with Crippen molar-refractivity contribution in [2.75, 3.05) is 14.1 Å². The zero-order valence-electron chi connectivity index (χ0n) is 30.9. The van der Waals surface area contributed by atoms with E-state index in [9.17, 15) is 19.2 Å². The number of fused-ring (bicyclic) bond motifs is 4. The molecule has 12 heteroatoms. The van der Waals surface area contributed by atoms with Gasteiger partial charge < -0.3 is 61.9 Å². The average Bonchev–Trinajstić information content (AvgIpc) is 3.02. The number of ether oxygens (including phenoxy) is 4. The second-order valence-corrected chi connectivity index (χ2v) is 15.6. The summed E-state index contributed by atoms with van der Waals surface area (Å²) in [7, 11) is 4.65. The largest absolute Gasteiger partial charge is 1.00 e. The first kappa shape index (κ1) is 41.9. The Hall–Kier alpha value is -2.80. The highest BCUT2D eigenvalue weighted by atomic mass is 79.9. The molecule has 0 saturated carbocycles. The molecule has 6 rings (SSSR count). The standard InChI is InChI=1S/C40H54N2O8.2BrH/c1-27(43)47-35-15-11-29(12-16-35)25-41(3)31-7-5-8-32(41)22-37(21-31)49-39(45)19-20-40(46)50-38-23-33-9-6-10-34(24-38)42(33,4)26-30-13-17-36(18-14-30)48-28(2)44;;/h11-18,31-34,37-38H,5-10,19-26H2,1-4H3;2*1H/q+2;;/p-2. The van der Waals surface area contributed by atoms with Crippen molar-refractivity contribution >= 4 is 23.9 Å². The molecule has 0 N–H and O–H groups in total. The van der Waals surface area contributed by atoms with Crippen molar-refractivity contribution in [1.82, 2.24) is 0 Å². The fraction of sp³-hybridized carbons (Fsp3) is 0.600. The van der Waals surface area contributed by atoms with Crippen LogP contribution in [0.1, 0.15) is 102 Å². The number of esters is 4. The molecule has 0 spiro atoms. The van der Waals surface area contributed by atoms with Crippen molar-refractivity contribution in [2.24, 2.45) is 0 Å². The molecule has 4 saturated heterocycles. The summed E-state index contributed by atoms with van der Waals surface area (Å²) < 4.78 is 24.3. The van der Waals surface area contributed by atoms with Crippen LogP contribution in [0, 0.1) is 0 Å². The van der Waals surface area contributed by atoms with Crippen LogP contribution in [-0.2, 0) is 41.7 Å². The highest BCUT2D eigenvalue weighted by Crippen LogP contribution is 2.43. The number of hydrogen-bond donors (Lipinski definition) is 0. The van der Waals surface area contributed by atoms with E-state index in [1.807, 2.05) is 48.5 Å². The fourth-order valence-corrected chi connectivity index (χ4v) is 9.64. The molecule has 0 aliphatic carbocycles. The van der Waals surface area contributed by atoms with Gasteiger partial charge in [-0.2, -0.15) is 0 Å². The lowest BCUT2D eigenvalue weighted by Crippen LogP contribution is -3.00. The molecule has 4 bridgehead atoms.